The van der Waals surface area contributed by atoms with E-state index < -0.39 is 0 Å². The first kappa shape index (κ1) is 17.0. The van der Waals surface area contributed by atoms with Crippen LogP contribution in [0.3, 0.4) is 0 Å². The Morgan fingerprint density at radius 3 is 2.41 bits per heavy atom. The lowest BCUT2D eigenvalue weighted by molar-refractivity contribution is -0.138. The first-order valence-electron chi connectivity index (χ1n) is 8.00. The number of fused-ring (bicyclic) bond motifs is 1. The summed E-state index contributed by atoms with van der Waals surface area (Å²) in [6.07, 6.45) is 4.49. The lowest BCUT2D eigenvalue weighted by atomic mass is 9.99. The molecule has 0 spiro atoms. The molecule has 1 heterocycles. The summed E-state index contributed by atoms with van der Waals surface area (Å²) in [5.41, 5.74) is 1.28. The highest BCUT2D eigenvalue weighted by Gasteiger charge is 2.23. The summed E-state index contributed by atoms with van der Waals surface area (Å²) < 4.78 is 5.23. The SMILES string of the molecule is CC(C)N(C(=O)COC(=O)c1cc2c(s1)CCCC2)C(C)C. The Balaban J connectivity index is 1.95. The van der Waals surface area contributed by atoms with Crippen LogP contribution in [0.1, 0.15) is 60.6 Å². The zero-order chi connectivity index (χ0) is 16.3. The second-order valence-electron chi connectivity index (χ2n) is 6.33. The van der Waals surface area contributed by atoms with Crippen LogP contribution >= 0.6 is 11.3 Å². The molecule has 2 rings (SSSR count). The summed E-state index contributed by atoms with van der Waals surface area (Å²) in [5, 5.41) is 0. The zero-order valence-electron chi connectivity index (χ0n) is 13.8. The predicted octanol–water partition coefficient (Wildman–Crippen LogP) is 3.43. The fourth-order valence-corrected chi connectivity index (χ4v) is 4.18. The smallest absolute Gasteiger partial charge is 0.348 e. The van der Waals surface area contributed by atoms with Crippen molar-refractivity contribution < 1.29 is 14.3 Å². The van der Waals surface area contributed by atoms with Crippen molar-refractivity contribution >= 4 is 23.2 Å². The van der Waals surface area contributed by atoms with Crippen molar-refractivity contribution in [2.75, 3.05) is 6.61 Å². The van der Waals surface area contributed by atoms with Crippen LogP contribution in [-0.2, 0) is 22.4 Å². The quantitative estimate of drug-likeness (QED) is 0.780. The van der Waals surface area contributed by atoms with E-state index in [2.05, 4.69) is 0 Å². The van der Waals surface area contributed by atoms with Gasteiger partial charge in [-0.1, -0.05) is 0 Å². The summed E-state index contributed by atoms with van der Waals surface area (Å²) in [6.45, 7) is 7.68. The molecule has 0 radical (unpaired) electrons. The molecule has 5 heteroatoms. The molecular formula is C17H25NO3S. The summed E-state index contributed by atoms with van der Waals surface area (Å²) in [5.74, 6) is -0.514. The first-order valence-corrected chi connectivity index (χ1v) is 8.81. The summed E-state index contributed by atoms with van der Waals surface area (Å²) in [6, 6.07) is 2.13. The molecular weight excluding hydrogens is 298 g/mol. The van der Waals surface area contributed by atoms with E-state index in [-0.39, 0.29) is 30.6 Å². The van der Waals surface area contributed by atoms with E-state index in [0.717, 1.165) is 12.8 Å². The number of nitrogens with zero attached hydrogens (tertiary/aromatic N) is 1. The molecule has 1 aromatic rings. The van der Waals surface area contributed by atoms with Gasteiger partial charge in [0.2, 0.25) is 0 Å². The van der Waals surface area contributed by atoms with Crippen LogP contribution in [0, 0.1) is 0 Å². The summed E-state index contributed by atoms with van der Waals surface area (Å²) in [7, 11) is 0. The van der Waals surface area contributed by atoms with E-state index in [1.165, 1.54) is 34.6 Å². The molecule has 1 aliphatic carbocycles. The average Bonchev–Trinajstić information content (AvgIpc) is 2.87. The van der Waals surface area contributed by atoms with Crippen LogP contribution in [-0.4, -0.2) is 35.5 Å². The van der Waals surface area contributed by atoms with Gasteiger partial charge in [0.15, 0.2) is 6.61 Å². The lowest BCUT2D eigenvalue weighted by Gasteiger charge is -2.30. The fourth-order valence-electron chi connectivity index (χ4n) is 3.04. The van der Waals surface area contributed by atoms with Gasteiger partial charge in [-0.3, -0.25) is 4.79 Å². The summed E-state index contributed by atoms with van der Waals surface area (Å²) in [4.78, 5) is 28.0. The number of hydrogen-bond donors (Lipinski definition) is 0. The monoisotopic (exact) mass is 323 g/mol. The van der Waals surface area contributed by atoms with Crippen LogP contribution < -0.4 is 0 Å². The molecule has 0 aliphatic heterocycles. The molecule has 0 bridgehead atoms. The molecule has 22 heavy (non-hydrogen) atoms. The second kappa shape index (κ2) is 7.27. The minimum atomic E-state index is -0.375. The van der Waals surface area contributed by atoms with Crippen molar-refractivity contribution in [1.29, 1.82) is 0 Å². The third kappa shape index (κ3) is 3.88. The molecule has 0 unspecified atom stereocenters. The minimum absolute atomic E-state index is 0.0975. The third-order valence-electron chi connectivity index (χ3n) is 3.93. The number of carbonyl (C=O) groups is 2. The molecule has 0 fully saturated rings. The Morgan fingerprint density at radius 2 is 1.82 bits per heavy atom. The van der Waals surface area contributed by atoms with Crippen molar-refractivity contribution in [1.82, 2.24) is 4.90 Å². The number of rotatable bonds is 5. The maximum Gasteiger partial charge on any atom is 0.348 e. The van der Waals surface area contributed by atoms with Gasteiger partial charge in [-0.25, -0.2) is 4.79 Å². The first-order chi connectivity index (χ1) is 10.4. The van der Waals surface area contributed by atoms with Gasteiger partial charge in [0.25, 0.3) is 5.91 Å². The Kier molecular flexibility index (Phi) is 5.62. The van der Waals surface area contributed by atoms with E-state index in [1.807, 2.05) is 33.8 Å². The standard InChI is InChI=1S/C17H25NO3S/c1-11(2)18(12(3)4)16(19)10-21-17(20)15-9-13-7-5-6-8-14(13)22-15/h9,11-12H,5-8,10H2,1-4H3. The topological polar surface area (TPSA) is 46.6 Å². The van der Waals surface area contributed by atoms with E-state index in [4.69, 9.17) is 4.74 Å². The highest BCUT2D eigenvalue weighted by atomic mass is 32.1. The lowest BCUT2D eigenvalue weighted by Crippen LogP contribution is -2.44. The van der Waals surface area contributed by atoms with Crippen LogP contribution in [0.15, 0.2) is 6.07 Å². The minimum Gasteiger partial charge on any atom is -0.451 e. The van der Waals surface area contributed by atoms with Crippen molar-refractivity contribution in [3.05, 3.63) is 21.4 Å². The van der Waals surface area contributed by atoms with Gasteiger partial charge in [0.05, 0.1) is 0 Å². The van der Waals surface area contributed by atoms with Crippen molar-refractivity contribution in [2.45, 2.75) is 65.5 Å². The Hall–Kier alpha value is -1.36. The van der Waals surface area contributed by atoms with Gasteiger partial charge in [0, 0.05) is 17.0 Å². The molecule has 4 nitrogen and oxygen atoms in total. The van der Waals surface area contributed by atoms with Gasteiger partial charge >= 0.3 is 5.97 Å². The second-order valence-corrected chi connectivity index (χ2v) is 7.47. The molecule has 0 aromatic carbocycles. The van der Waals surface area contributed by atoms with Gasteiger partial charge in [0.1, 0.15) is 4.88 Å². The number of amides is 1. The summed E-state index contributed by atoms with van der Waals surface area (Å²) >= 11 is 1.52. The van der Waals surface area contributed by atoms with Crippen LogP contribution in [0.2, 0.25) is 0 Å². The Labute approximate surface area is 136 Å². The fraction of sp³-hybridized carbons (Fsp3) is 0.647. The highest BCUT2D eigenvalue weighted by Crippen LogP contribution is 2.30. The third-order valence-corrected chi connectivity index (χ3v) is 5.14. The van der Waals surface area contributed by atoms with E-state index in [0.29, 0.717) is 4.88 Å². The highest BCUT2D eigenvalue weighted by molar-refractivity contribution is 7.14. The number of aryl methyl sites for hydroxylation is 2. The van der Waals surface area contributed by atoms with Gasteiger partial charge in [-0.2, -0.15) is 0 Å². The van der Waals surface area contributed by atoms with Gasteiger partial charge < -0.3 is 9.64 Å². The van der Waals surface area contributed by atoms with E-state index in [1.54, 1.807) is 4.90 Å². The normalized spacial score (nSPS) is 14.1. The van der Waals surface area contributed by atoms with Crippen molar-refractivity contribution in [3.63, 3.8) is 0 Å². The molecule has 0 N–H and O–H groups in total. The number of ether oxygens (including phenoxy) is 1. The van der Waals surface area contributed by atoms with E-state index in [9.17, 15) is 9.59 Å². The zero-order valence-corrected chi connectivity index (χ0v) is 14.7. The maximum absolute atomic E-state index is 12.2. The molecule has 0 atom stereocenters. The molecule has 1 aliphatic rings. The molecule has 0 saturated carbocycles. The largest absolute Gasteiger partial charge is 0.451 e. The number of hydrogen-bond acceptors (Lipinski definition) is 4. The van der Waals surface area contributed by atoms with Crippen LogP contribution in [0.4, 0.5) is 0 Å². The predicted molar refractivity (Wildman–Crippen MR) is 88.4 cm³/mol. The number of esters is 1. The van der Waals surface area contributed by atoms with Crippen molar-refractivity contribution in [2.24, 2.45) is 0 Å². The maximum atomic E-state index is 12.2. The van der Waals surface area contributed by atoms with Crippen LogP contribution in [0.5, 0.6) is 0 Å². The average molecular weight is 323 g/mol. The van der Waals surface area contributed by atoms with E-state index >= 15 is 0 Å². The van der Waals surface area contributed by atoms with Gasteiger partial charge in [-0.15, -0.1) is 11.3 Å². The Morgan fingerprint density at radius 1 is 1.18 bits per heavy atom. The van der Waals surface area contributed by atoms with Crippen LogP contribution in [0.25, 0.3) is 0 Å². The molecule has 1 amide bonds. The number of thiophene rings is 1. The molecule has 122 valence electrons. The number of carbonyl (C=O) groups excluding carboxylic acids is 2. The van der Waals surface area contributed by atoms with Crippen molar-refractivity contribution in [3.8, 4) is 0 Å². The van der Waals surface area contributed by atoms with Gasteiger partial charge in [-0.05, 0) is 65.0 Å². The Bertz CT molecular complexity index is 517. The molecule has 1 aromatic heterocycles. The molecule has 0 saturated heterocycles.